The lowest BCUT2D eigenvalue weighted by molar-refractivity contribution is 0.296. The van der Waals surface area contributed by atoms with Gasteiger partial charge in [0.1, 0.15) is 0 Å². The maximum Gasteiger partial charge on any atom is 0.167 e. The van der Waals surface area contributed by atoms with Gasteiger partial charge in [-0.2, -0.15) is 0 Å². The maximum atomic E-state index is 13.4. The molecule has 0 bridgehead atoms. The van der Waals surface area contributed by atoms with Crippen LogP contribution >= 0.6 is 11.8 Å². The van der Waals surface area contributed by atoms with Crippen molar-refractivity contribution in [2.45, 2.75) is 18.2 Å². The summed E-state index contributed by atoms with van der Waals surface area (Å²) in [5, 5.41) is 8.67. The van der Waals surface area contributed by atoms with Crippen LogP contribution in [0.25, 0.3) is 0 Å². The molecule has 0 heterocycles. The number of hydrogen-bond donors (Lipinski definition) is 2. The molecule has 1 aromatic rings. The van der Waals surface area contributed by atoms with Crippen LogP contribution in [0.15, 0.2) is 17.0 Å². The minimum Gasteiger partial charge on any atom is -0.491 e. The summed E-state index contributed by atoms with van der Waals surface area (Å²) in [6.45, 7) is 2.36. The van der Waals surface area contributed by atoms with Crippen molar-refractivity contribution in [3.05, 3.63) is 17.9 Å². The standard InChI is InChI=1S/C11H16FNO2S/c1-2-15-10-7-11(16-5-3-4-14)9(13)6-8(10)12/h6-7,14H,2-5,13H2,1H3. The van der Waals surface area contributed by atoms with Crippen LogP contribution in [0.3, 0.4) is 0 Å². The molecule has 0 atom stereocenters. The van der Waals surface area contributed by atoms with Crippen molar-refractivity contribution in [1.29, 1.82) is 0 Å². The molecule has 0 aliphatic heterocycles. The number of aliphatic hydroxyl groups excluding tert-OH is 1. The van der Waals surface area contributed by atoms with Crippen LogP contribution in [0.5, 0.6) is 5.75 Å². The molecule has 0 aliphatic carbocycles. The Morgan fingerprint density at radius 3 is 2.88 bits per heavy atom. The Morgan fingerprint density at radius 1 is 1.50 bits per heavy atom. The molecule has 5 heteroatoms. The van der Waals surface area contributed by atoms with Gasteiger partial charge in [0, 0.05) is 29.0 Å². The van der Waals surface area contributed by atoms with E-state index >= 15 is 0 Å². The predicted octanol–water partition coefficient (Wildman–Crippen LogP) is 2.28. The molecule has 0 saturated carbocycles. The first-order valence-corrected chi connectivity index (χ1v) is 6.13. The molecule has 0 aliphatic rings. The van der Waals surface area contributed by atoms with E-state index in [2.05, 4.69) is 0 Å². The fraction of sp³-hybridized carbons (Fsp3) is 0.455. The van der Waals surface area contributed by atoms with Crippen molar-refractivity contribution in [3.8, 4) is 5.75 Å². The number of hydrogen-bond acceptors (Lipinski definition) is 4. The van der Waals surface area contributed by atoms with Gasteiger partial charge in [-0.15, -0.1) is 11.8 Å². The Morgan fingerprint density at radius 2 is 2.25 bits per heavy atom. The average Bonchev–Trinajstić information content (AvgIpc) is 2.25. The third-order valence-electron chi connectivity index (χ3n) is 1.92. The van der Waals surface area contributed by atoms with E-state index in [9.17, 15) is 4.39 Å². The zero-order chi connectivity index (χ0) is 12.0. The fourth-order valence-corrected chi connectivity index (χ4v) is 2.10. The molecule has 3 nitrogen and oxygen atoms in total. The van der Waals surface area contributed by atoms with Crippen molar-refractivity contribution in [2.75, 3.05) is 24.7 Å². The Balaban J connectivity index is 2.78. The van der Waals surface area contributed by atoms with Crippen LogP contribution in [0.1, 0.15) is 13.3 Å². The van der Waals surface area contributed by atoms with Crippen LogP contribution in [0.4, 0.5) is 10.1 Å². The molecule has 90 valence electrons. The third kappa shape index (κ3) is 3.57. The van der Waals surface area contributed by atoms with E-state index in [1.807, 2.05) is 0 Å². The summed E-state index contributed by atoms with van der Waals surface area (Å²) in [4.78, 5) is 0.790. The molecule has 1 aromatic carbocycles. The summed E-state index contributed by atoms with van der Waals surface area (Å²) >= 11 is 1.49. The summed E-state index contributed by atoms with van der Waals surface area (Å²) in [6, 6.07) is 2.88. The van der Waals surface area contributed by atoms with E-state index in [0.717, 1.165) is 10.6 Å². The van der Waals surface area contributed by atoms with Crippen LogP contribution < -0.4 is 10.5 Å². The van der Waals surface area contributed by atoms with Gasteiger partial charge in [-0.3, -0.25) is 0 Å². The number of anilines is 1. The first kappa shape index (κ1) is 13.1. The topological polar surface area (TPSA) is 55.5 Å². The Hall–Kier alpha value is -0.940. The number of ether oxygens (including phenoxy) is 1. The van der Waals surface area contributed by atoms with Gasteiger partial charge in [0.25, 0.3) is 0 Å². The minimum absolute atomic E-state index is 0.145. The van der Waals surface area contributed by atoms with Gasteiger partial charge in [-0.1, -0.05) is 0 Å². The van der Waals surface area contributed by atoms with Gasteiger partial charge >= 0.3 is 0 Å². The first-order chi connectivity index (χ1) is 7.69. The normalized spacial score (nSPS) is 10.4. The van der Waals surface area contributed by atoms with Gasteiger partial charge in [-0.25, -0.2) is 4.39 Å². The zero-order valence-corrected chi connectivity index (χ0v) is 10.0. The Kier molecular flexibility index (Phi) is 5.42. The smallest absolute Gasteiger partial charge is 0.167 e. The van der Waals surface area contributed by atoms with Gasteiger partial charge in [0.2, 0.25) is 0 Å². The summed E-state index contributed by atoms with van der Waals surface area (Å²) in [7, 11) is 0. The molecule has 0 fully saturated rings. The fourth-order valence-electron chi connectivity index (χ4n) is 1.19. The molecule has 16 heavy (non-hydrogen) atoms. The highest BCUT2D eigenvalue weighted by Gasteiger charge is 2.09. The third-order valence-corrected chi connectivity index (χ3v) is 3.08. The molecule has 0 unspecified atom stereocenters. The van der Waals surface area contributed by atoms with Crippen molar-refractivity contribution in [3.63, 3.8) is 0 Å². The summed E-state index contributed by atoms with van der Waals surface area (Å²) < 4.78 is 18.5. The van der Waals surface area contributed by atoms with E-state index < -0.39 is 5.82 Å². The van der Waals surface area contributed by atoms with E-state index in [4.69, 9.17) is 15.6 Å². The van der Waals surface area contributed by atoms with E-state index in [1.54, 1.807) is 13.0 Å². The quantitative estimate of drug-likeness (QED) is 0.458. The number of halogens is 1. The molecule has 0 saturated heterocycles. The Bertz CT molecular complexity index is 347. The molecular formula is C11H16FNO2S. The number of nitrogen functional groups attached to an aromatic ring is 1. The molecular weight excluding hydrogens is 229 g/mol. The predicted molar refractivity (Wildman–Crippen MR) is 64.4 cm³/mol. The van der Waals surface area contributed by atoms with Gasteiger partial charge in [-0.05, 0) is 19.4 Å². The largest absolute Gasteiger partial charge is 0.491 e. The van der Waals surface area contributed by atoms with E-state index in [1.165, 1.54) is 17.8 Å². The SMILES string of the molecule is CCOc1cc(SCCCO)c(N)cc1F. The van der Waals surface area contributed by atoms with Gasteiger partial charge in [0.15, 0.2) is 11.6 Å². The van der Waals surface area contributed by atoms with Crippen LogP contribution in [0.2, 0.25) is 0 Å². The Labute approximate surface area is 98.8 Å². The maximum absolute atomic E-state index is 13.4. The molecule has 0 radical (unpaired) electrons. The molecule has 0 aromatic heterocycles. The van der Waals surface area contributed by atoms with Crippen molar-refractivity contribution in [1.82, 2.24) is 0 Å². The van der Waals surface area contributed by atoms with Gasteiger partial charge < -0.3 is 15.6 Å². The summed E-state index contributed by atoms with van der Waals surface area (Å²) in [5.41, 5.74) is 6.10. The summed E-state index contributed by atoms with van der Waals surface area (Å²) in [5.74, 6) is 0.534. The number of rotatable bonds is 6. The highest BCUT2D eigenvalue weighted by Crippen LogP contribution is 2.31. The number of benzene rings is 1. The number of nitrogens with two attached hydrogens (primary N) is 1. The highest BCUT2D eigenvalue weighted by molar-refractivity contribution is 7.99. The number of aliphatic hydroxyl groups is 1. The molecule has 3 N–H and O–H groups in total. The van der Waals surface area contributed by atoms with Crippen LogP contribution in [0, 0.1) is 5.82 Å². The zero-order valence-electron chi connectivity index (χ0n) is 9.20. The second kappa shape index (κ2) is 6.60. The lowest BCUT2D eigenvalue weighted by atomic mass is 10.3. The van der Waals surface area contributed by atoms with E-state index in [-0.39, 0.29) is 12.4 Å². The highest BCUT2D eigenvalue weighted by atomic mass is 32.2. The van der Waals surface area contributed by atoms with E-state index in [0.29, 0.717) is 18.7 Å². The second-order valence-electron chi connectivity index (χ2n) is 3.18. The number of thioether (sulfide) groups is 1. The van der Waals surface area contributed by atoms with Crippen molar-refractivity contribution >= 4 is 17.4 Å². The minimum atomic E-state index is -0.439. The molecule has 0 spiro atoms. The van der Waals surface area contributed by atoms with Crippen molar-refractivity contribution in [2.24, 2.45) is 0 Å². The first-order valence-electron chi connectivity index (χ1n) is 5.14. The molecule has 0 amide bonds. The summed E-state index contributed by atoms with van der Waals surface area (Å²) in [6.07, 6.45) is 0.686. The van der Waals surface area contributed by atoms with Crippen molar-refractivity contribution < 1.29 is 14.2 Å². The second-order valence-corrected chi connectivity index (χ2v) is 4.32. The lowest BCUT2D eigenvalue weighted by Gasteiger charge is -2.09. The van der Waals surface area contributed by atoms with Crippen LogP contribution in [-0.2, 0) is 0 Å². The average molecular weight is 245 g/mol. The lowest BCUT2D eigenvalue weighted by Crippen LogP contribution is -1.98. The molecule has 1 rings (SSSR count). The van der Waals surface area contributed by atoms with Crippen LogP contribution in [-0.4, -0.2) is 24.1 Å². The van der Waals surface area contributed by atoms with Gasteiger partial charge in [0.05, 0.1) is 6.61 Å². The monoisotopic (exact) mass is 245 g/mol.